The van der Waals surface area contributed by atoms with Gasteiger partial charge in [0.2, 0.25) is 5.95 Å². The third-order valence-corrected chi connectivity index (χ3v) is 7.84. The smallest absolute Gasteiger partial charge is 0.235 e. The van der Waals surface area contributed by atoms with Crippen LogP contribution in [0.3, 0.4) is 0 Å². The molecule has 1 unspecified atom stereocenters. The van der Waals surface area contributed by atoms with E-state index < -0.39 is 5.95 Å². The number of hydrogen-bond donors (Lipinski definition) is 1. The number of rotatable bonds is 12. The lowest BCUT2D eigenvalue weighted by Crippen LogP contribution is -2.25. The summed E-state index contributed by atoms with van der Waals surface area (Å²) in [6.45, 7) is 10.4. The molecule has 5 nitrogen and oxygen atoms in total. The molecule has 0 radical (unpaired) electrons. The zero-order chi connectivity index (χ0) is 28.1. The molecule has 210 valence electrons. The van der Waals surface area contributed by atoms with Gasteiger partial charge in [-0.15, -0.1) is 0 Å². The fourth-order valence-corrected chi connectivity index (χ4v) is 5.68. The van der Waals surface area contributed by atoms with Crippen LogP contribution in [0, 0.1) is 5.95 Å². The van der Waals surface area contributed by atoms with E-state index in [1.54, 1.807) is 0 Å². The molecule has 1 aliphatic heterocycles. The summed E-state index contributed by atoms with van der Waals surface area (Å²) in [4.78, 5) is 6.70. The number of fused-ring (bicyclic) bond motifs is 1. The Labute approximate surface area is 242 Å². The second kappa shape index (κ2) is 12.9. The average Bonchev–Trinajstić information content (AvgIpc) is 3.46. The number of aromatic nitrogens is 2. The van der Waals surface area contributed by atoms with Crippen molar-refractivity contribution in [1.29, 1.82) is 0 Å². The minimum absolute atomic E-state index is 0.413. The predicted octanol–water partition coefficient (Wildman–Crippen LogP) is 8.27. The molecule has 0 saturated carbocycles. The summed E-state index contributed by atoms with van der Waals surface area (Å²) < 4.78 is 23.5. The van der Waals surface area contributed by atoms with Crippen LogP contribution in [0.4, 0.5) is 10.1 Å². The van der Waals surface area contributed by atoms with Gasteiger partial charge in [-0.2, -0.15) is 9.37 Å². The zero-order valence-corrected chi connectivity index (χ0v) is 24.3. The maximum Gasteiger partial charge on any atom is 0.235 e. The van der Waals surface area contributed by atoms with Crippen molar-refractivity contribution in [3.8, 4) is 17.1 Å². The molecule has 0 spiro atoms. The Hall–Kier alpha value is -3.35. The van der Waals surface area contributed by atoms with Crippen LogP contribution in [-0.4, -0.2) is 27.6 Å². The van der Waals surface area contributed by atoms with Gasteiger partial charge in [-0.3, -0.25) is 4.90 Å². The Morgan fingerprint density at radius 2 is 1.82 bits per heavy atom. The predicted molar refractivity (Wildman–Crippen MR) is 161 cm³/mol. The first kappa shape index (κ1) is 28.2. The lowest BCUT2D eigenvalue weighted by molar-refractivity contribution is 0.236. The molecule has 1 aromatic heterocycles. The van der Waals surface area contributed by atoms with Crippen LogP contribution in [0.5, 0.6) is 5.75 Å². The van der Waals surface area contributed by atoms with Gasteiger partial charge >= 0.3 is 0 Å². The molecule has 0 saturated heterocycles. The van der Waals surface area contributed by atoms with Gasteiger partial charge in [-0.05, 0) is 60.4 Å². The highest BCUT2D eigenvalue weighted by Crippen LogP contribution is 2.33. The van der Waals surface area contributed by atoms with Crippen LogP contribution in [0.25, 0.3) is 11.4 Å². The summed E-state index contributed by atoms with van der Waals surface area (Å²) in [5, 5.41) is 4.06. The van der Waals surface area contributed by atoms with E-state index in [1.165, 1.54) is 16.8 Å². The molecule has 0 fully saturated rings. The first-order valence-corrected chi connectivity index (χ1v) is 14.6. The summed E-state index contributed by atoms with van der Waals surface area (Å²) in [6.07, 6.45) is 1.92. The average molecular weight is 561 g/mol. The van der Waals surface area contributed by atoms with Gasteiger partial charge in [0.1, 0.15) is 11.6 Å². The molecule has 1 atom stereocenters. The highest BCUT2D eigenvalue weighted by molar-refractivity contribution is 6.33. The SMILES string of the molecule is CCCCn1c(-c2ccccc2Cl)nc(F)c1CN(Cc1cccc(OCC)c1)Cc1ccc2c(c1)C(C)CN2. The molecule has 3 aromatic carbocycles. The lowest BCUT2D eigenvalue weighted by Gasteiger charge is -2.24. The summed E-state index contributed by atoms with van der Waals surface area (Å²) in [7, 11) is 0. The fourth-order valence-electron chi connectivity index (χ4n) is 5.46. The van der Waals surface area contributed by atoms with E-state index in [2.05, 4.69) is 59.4 Å². The summed E-state index contributed by atoms with van der Waals surface area (Å²) in [6, 6.07) is 22.3. The molecule has 7 heteroatoms. The van der Waals surface area contributed by atoms with Gasteiger partial charge in [0.15, 0.2) is 0 Å². The van der Waals surface area contributed by atoms with E-state index in [-0.39, 0.29) is 0 Å². The number of unbranched alkanes of at least 4 members (excludes halogenated alkanes) is 1. The number of nitrogens with zero attached hydrogens (tertiary/aromatic N) is 3. The lowest BCUT2D eigenvalue weighted by atomic mass is 10.0. The number of ether oxygens (including phenoxy) is 1. The number of nitrogens with one attached hydrogen (secondary N) is 1. The summed E-state index contributed by atoms with van der Waals surface area (Å²) in [5.74, 6) is 1.46. The Kier molecular flexibility index (Phi) is 9.08. The Balaban J connectivity index is 1.51. The van der Waals surface area contributed by atoms with Gasteiger partial charge in [0.05, 0.1) is 17.3 Å². The zero-order valence-electron chi connectivity index (χ0n) is 23.6. The van der Waals surface area contributed by atoms with Crippen LogP contribution in [0.2, 0.25) is 5.02 Å². The van der Waals surface area contributed by atoms with E-state index in [9.17, 15) is 0 Å². The van der Waals surface area contributed by atoms with Crippen molar-refractivity contribution in [2.75, 3.05) is 18.5 Å². The molecular weight excluding hydrogens is 523 g/mol. The molecule has 0 aliphatic carbocycles. The summed E-state index contributed by atoms with van der Waals surface area (Å²) >= 11 is 6.54. The third-order valence-electron chi connectivity index (χ3n) is 7.51. The molecule has 1 aliphatic rings. The van der Waals surface area contributed by atoms with Gasteiger partial charge in [-0.25, -0.2) is 0 Å². The first-order valence-electron chi connectivity index (χ1n) is 14.3. The minimum atomic E-state index is -0.439. The van der Waals surface area contributed by atoms with Crippen LogP contribution in [0.1, 0.15) is 61.9 Å². The number of imidazole rings is 1. The number of anilines is 1. The molecule has 1 N–H and O–H groups in total. The molecule has 5 rings (SSSR count). The number of halogens is 2. The molecule has 2 heterocycles. The van der Waals surface area contributed by atoms with Gasteiger partial charge in [0.25, 0.3) is 0 Å². The van der Waals surface area contributed by atoms with Crippen LogP contribution in [0.15, 0.2) is 66.7 Å². The third kappa shape index (κ3) is 6.34. The topological polar surface area (TPSA) is 42.3 Å². The fraction of sp³-hybridized carbons (Fsp3) is 0.364. The Bertz CT molecular complexity index is 1450. The maximum absolute atomic E-state index is 15.7. The summed E-state index contributed by atoms with van der Waals surface area (Å²) in [5.41, 5.74) is 6.22. The Morgan fingerprint density at radius 1 is 1.02 bits per heavy atom. The van der Waals surface area contributed by atoms with E-state index in [1.807, 2.05) is 47.9 Å². The maximum atomic E-state index is 15.7. The normalized spacial score (nSPS) is 14.4. The van der Waals surface area contributed by atoms with Crippen LogP contribution >= 0.6 is 11.6 Å². The van der Waals surface area contributed by atoms with Crippen molar-refractivity contribution in [1.82, 2.24) is 14.5 Å². The Morgan fingerprint density at radius 3 is 2.60 bits per heavy atom. The molecule has 40 heavy (non-hydrogen) atoms. The monoisotopic (exact) mass is 560 g/mol. The second-order valence-electron chi connectivity index (χ2n) is 10.6. The van der Waals surface area contributed by atoms with E-state index >= 15 is 4.39 Å². The van der Waals surface area contributed by atoms with Crippen molar-refractivity contribution >= 4 is 17.3 Å². The van der Waals surface area contributed by atoms with Crippen molar-refractivity contribution in [2.24, 2.45) is 0 Å². The van der Waals surface area contributed by atoms with Crippen molar-refractivity contribution < 1.29 is 9.13 Å². The van der Waals surface area contributed by atoms with Gasteiger partial charge in [-0.1, -0.05) is 68.3 Å². The van der Waals surface area contributed by atoms with E-state index in [0.717, 1.165) is 36.3 Å². The van der Waals surface area contributed by atoms with Crippen molar-refractivity contribution in [3.63, 3.8) is 0 Å². The van der Waals surface area contributed by atoms with E-state index in [4.69, 9.17) is 16.3 Å². The van der Waals surface area contributed by atoms with E-state index in [0.29, 0.717) is 55.2 Å². The van der Waals surface area contributed by atoms with Crippen molar-refractivity contribution in [2.45, 2.75) is 65.7 Å². The standard InChI is InChI=1S/C33H38ClFN4O/c1-4-6-16-39-31(32(35)37-33(39)27-12-7-8-13-29(27)34)22-38(20-24-10-9-11-26(17-24)40-5-2)21-25-14-15-30-28(18-25)23(3)19-36-30/h7-15,17-18,23,36H,4-6,16,19-22H2,1-3H3. The number of hydrogen-bond acceptors (Lipinski definition) is 4. The largest absolute Gasteiger partial charge is 0.494 e. The van der Waals surface area contributed by atoms with Crippen molar-refractivity contribution in [3.05, 3.63) is 100 Å². The van der Waals surface area contributed by atoms with Gasteiger partial charge < -0.3 is 14.6 Å². The highest BCUT2D eigenvalue weighted by atomic mass is 35.5. The molecule has 0 bridgehead atoms. The molecular formula is C33H38ClFN4O. The highest BCUT2D eigenvalue weighted by Gasteiger charge is 2.23. The second-order valence-corrected chi connectivity index (χ2v) is 11.0. The molecule has 0 amide bonds. The van der Waals surface area contributed by atoms with Crippen LogP contribution < -0.4 is 10.1 Å². The number of benzene rings is 3. The van der Waals surface area contributed by atoms with Crippen LogP contribution in [-0.2, 0) is 26.2 Å². The molecule has 4 aromatic rings. The minimum Gasteiger partial charge on any atom is -0.494 e. The van der Waals surface area contributed by atoms with Gasteiger partial charge in [0, 0.05) is 49.9 Å². The first-order chi connectivity index (χ1) is 19.5. The quantitative estimate of drug-likeness (QED) is 0.189.